The van der Waals surface area contributed by atoms with Crippen LogP contribution in [0.25, 0.3) is 0 Å². The van der Waals surface area contributed by atoms with E-state index in [2.05, 4.69) is 4.42 Å². The topological polar surface area (TPSA) is 13.1 Å². The first-order chi connectivity index (χ1) is 3.30. The Labute approximate surface area is 53.7 Å². The molecule has 0 bridgehead atoms. The van der Waals surface area contributed by atoms with Crippen LogP contribution >= 0.6 is 22.6 Å². The van der Waals surface area contributed by atoms with Gasteiger partial charge in [-0.1, -0.05) is 0 Å². The van der Waals surface area contributed by atoms with Crippen molar-refractivity contribution in [1.82, 2.24) is 0 Å². The molecule has 1 rings (SSSR count). The Morgan fingerprint density at radius 1 is 1.71 bits per heavy atom. The smallest absolute Gasteiger partial charge is 0.198 e. The van der Waals surface area contributed by atoms with Crippen molar-refractivity contribution in [3.63, 3.8) is 0 Å². The van der Waals surface area contributed by atoms with Gasteiger partial charge in [-0.2, -0.15) is 0 Å². The largest absolute Gasteiger partial charge is 0.455 e. The summed E-state index contributed by atoms with van der Waals surface area (Å²) in [5.74, 6) is -0.291. The first-order valence-corrected chi connectivity index (χ1v) is 2.77. The van der Waals surface area contributed by atoms with Gasteiger partial charge < -0.3 is 4.42 Å². The zero-order valence-electron chi connectivity index (χ0n) is 3.32. The van der Waals surface area contributed by atoms with Gasteiger partial charge in [-0.3, -0.25) is 0 Å². The molecule has 38 valence electrons. The summed E-state index contributed by atoms with van der Waals surface area (Å²) in [5, 5.41) is 0. The van der Waals surface area contributed by atoms with Crippen molar-refractivity contribution >= 4 is 22.6 Å². The quantitative estimate of drug-likeness (QED) is 0.599. The second-order valence-corrected chi connectivity index (χ2v) is 2.02. The molecule has 0 aromatic carbocycles. The molecule has 1 aromatic heterocycles. The molecule has 1 nitrogen and oxygen atoms in total. The minimum atomic E-state index is -0.291. The summed E-state index contributed by atoms with van der Waals surface area (Å²) < 4.78 is 16.9. The lowest BCUT2D eigenvalue weighted by atomic mass is 10.6. The van der Waals surface area contributed by atoms with Crippen molar-refractivity contribution in [3.8, 4) is 0 Å². The molecule has 0 amide bonds. The van der Waals surface area contributed by atoms with Crippen molar-refractivity contribution in [2.45, 2.75) is 0 Å². The van der Waals surface area contributed by atoms with E-state index in [1.807, 2.05) is 0 Å². The van der Waals surface area contributed by atoms with Gasteiger partial charge in [0.15, 0.2) is 9.58 Å². The molecule has 0 fully saturated rings. The minimum absolute atomic E-state index is 0.291. The zero-order valence-corrected chi connectivity index (χ0v) is 5.48. The molecule has 1 heterocycles. The molecule has 0 atom stereocenters. The summed E-state index contributed by atoms with van der Waals surface area (Å²) in [6.45, 7) is 0. The van der Waals surface area contributed by atoms with Crippen molar-refractivity contribution in [2.24, 2.45) is 0 Å². The van der Waals surface area contributed by atoms with E-state index in [1.165, 1.54) is 12.3 Å². The van der Waals surface area contributed by atoms with Gasteiger partial charge in [0.05, 0.1) is 6.26 Å². The van der Waals surface area contributed by atoms with E-state index in [0.29, 0.717) is 3.77 Å². The van der Waals surface area contributed by atoms with Gasteiger partial charge in [-0.05, 0) is 0 Å². The standard InChI is InChI=1S/C4H2FIO/c5-3-1-2-7-4(3)6/h1-2H. The summed E-state index contributed by atoms with van der Waals surface area (Å²) in [6, 6.07) is 1.28. The van der Waals surface area contributed by atoms with E-state index < -0.39 is 0 Å². The lowest BCUT2D eigenvalue weighted by molar-refractivity contribution is 0.501. The number of hydrogen-bond donors (Lipinski definition) is 0. The maximum Gasteiger partial charge on any atom is 0.198 e. The summed E-state index contributed by atoms with van der Waals surface area (Å²) in [5.41, 5.74) is 0. The first kappa shape index (κ1) is 5.08. The average Bonchev–Trinajstić information content (AvgIpc) is 1.91. The SMILES string of the molecule is Fc1ccoc1I. The maximum absolute atomic E-state index is 12.0. The van der Waals surface area contributed by atoms with E-state index in [4.69, 9.17) is 0 Å². The molecule has 0 aliphatic heterocycles. The Morgan fingerprint density at radius 3 is 2.57 bits per heavy atom. The van der Waals surface area contributed by atoms with Crippen molar-refractivity contribution in [2.75, 3.05) is 0 Å². The molecule has 0 aliphatic carbocycles. The first-order valence-electron chi connectivity index (χ1n) is 1.69. The van der Waals surface area contributed by atoms with Gasteiger partial charge in [-0.15, -0.1) is 0 Å². The van der Waals surface area contributed by atoms with Crippen LogP contribution in [0.4, 0.5) is 4.39 Å². The molecule has 0 saturated carbocycles. The van der Waals surface area contributed by atoms with Crippen LogP contribution in [0.5, 0.6) is 0 Å². The highest BCUT2D eigenvalue weighted by atomic mass is 127. The summed E-state index contributed by atoms with van der Waals surface area (Å²) in [6.07, 6.45) is 1.32. The molecule has 0 aliphatic rings. The van der Waals surface area contributed by atoms with Crippen LogP contribution < -0.4 is 0 Å². The van der Waals surface area contributed by atoms with Crippen LogP contribution in [0.2, 0.25) is 0 Å². The number of halogens is 2. The third-order valence-corrected chi connectivity index (χ3v) is 1.34. The fraction of sp³-hybridized carbons (Fsp3) is 0. The predicted molar refractivity (Wildman–Crippen MR) is 31.4 cm³/mol. The summed E-state index contributed by atoms with van der Waals surface area (Å²) in [4.78, 5) is 0. The molecule has 0 saturated heterocycles. The van der Waals surface area contributed by atoms with E-state index in [1.54, 1.807) is 22.6 Å². The molecule has 0 radical (unpaired) electrons. The fourth-order valence-corrected chi connectivity index (χ4v) is 0.602. The van der Waals surface area contributed by atoms with Crippen molar-refractivity contribution in [3.05, 3.63) is 21.9 Å². The highest BCUT2D eigenvalue weighted by Gasteiger charge is 1.96. The lowest BCUT2D eigenvalue weighted by Crippen LogP contribution is -1.63. The highest BCUT2D eigenvalue weighted by Crippen LogP contribution is 2.09. The van der Waals surface area contributed by atoms with E-state index in [0.717, 1.165) is 0 Å². The van der Waals surface area contributed by atoms with Crippen molar-refractivity contribution < 1.29 is 8.81 Å². The van der Waals surface area contributed by atoms with E-state index in [9.17, 15) is 4.39 Å². The van der Waals surface area contributed by atoms with Gasteiger partial charge in [0, 0.05) is 28.7 Å². The highest BCUT2D eigenvalue weighted by molar-refractivity contribution is 14.1. The third-order valence-electron chi connectivity index (χ3n) is 0.574. The lowest BCUT2D eigenvalue weighted by Gasteiger charge is -1.72. The molecule has 0 N–H and O–H groups in total. The Hall–Kier alpha value is -0.0600. The van der Waals surface area contributed by atoms with Gasteiger partial charge >= 0.3 is 0 Å². The van der Waals surface area contributed by atoms with Crippen LogP contribution in [-0.4, -0.2) is 0 Å². The number of hydrogen-bond acceptors (Lipinski definition) is 1. The number of furan rings is 1. The molecule has 3 heteroatoms. The fourth-order valence-electron chi connectivity index (χ4n) is 0.275. The molecule has 1 aromatic rings. The average molecular weight is 212 g/mol. The van der Waals surface area contributed by atoms with E-state index in [-0.39, 0.29) is 5.82 Å². The van der Waals surface area contributed by atoms with Gasteiger partial charge in [0.2, 0.25) is 0 Å². The summed E-state index contributed by atoms with van der Waals surface area (Å²) >= 11 is 1.78. The van der Waals surface area contributed by atoms with Crippen LogP contribution in [0, 0.1) is 9.58 Å². The van der Waals surface area contributed by atoms with Gasteiger partial charge in [0.1, 0.15) is 0 Å². The van der Waals surface area contributed by atoms with Crippen LogP contribution in [0.1, 0.15) is 0 Å². The van der Waals surface area contributed by atoms with Crippen LogP contribution in [-0.2, 0) is 0 Å². The third kappa shape index (κ3) is 0.933. The molecular formula is C4H2FIO. The molecule has 0 unspecified atom stereocenters. The van der Waals surface area contributed by atoms with Crippen LogP contribution in [0.15, 0.2) is 16.7 Å². The predicted octanol–water partition coefficient (Wildman–Crippen LogP) is 2.02. The Balaban J connectivity index is 3.12. The minimum Gasteiger partial charge on any atom is -0.455 e. The zero-order chi connectivity index (χ0) is 5.28. The number of rotatable bonds is 0. The maximum atomic E-state index is 12.0. The second-order valence-electron chi connectivity index (χ2n) is 1.04. The van der Waals surface area contributed by atoms with Gasteiger partial charge in [-0.25, -0.2) is 4.39 Å². The Morgan fingerprint density at radius 2 is 2.43 bits per heavy atom. The summed E-state index contributed by atoms with van der Waals surface area (Å²) in [7, 11) is 0. The molecule has 7 heavy (non-hydrogen) atoms. The Kier molecular flexibility index (Phi) is 1.32. The molecular weight excluding hydrogens is 210 g/mol. The van der Waals surface area contributed by atoms with Crippen molar-refractivity contribution in [1.29, 1.82) is 0 Å². The Bertz CT molecular complexity index is 144. The monoisotopic (exact) mass is 212 g/mol. The van der Waals surface area contributed by atoms with Gasteiger partial charge in [0.25, 0.3) is 0 Å². The second kappa shape index (κ2) is 1.81. The normalized spacial score (nSPS) is 9.43. The van der Waals surface area contributed by atoms with E-state index >= 15 is 0 Å². The molecule has 0 spiro atoms. The van der Waals surface area contributed by atoms with Crippen LogP contribution in [0.3, 0.4) is 0 Å².